The van der Waals surface area contributed by atoms with Crippen molar-refractivity contribution >= 4 is 21.1 Å². The van der Waals surface area contributed by atoms with Gasteiger partial charge in [0.15, 0.2) is 5.58 Å². The maximum Gasteiger partial charge on any atom is 0.420 e. The minimum atomic E-state index is -3.60. The molecular weight excluding hydrogens is 404 g/mol. The summed E-state index contributed by atoms with van der Waals surface area (Å²) in [7, 11) is -3.60. The number of aryl methyl sites for hydroxylation is 1. The monoisotopic (exact) mass is 430 g/mol. The van der Waals surface area contributed by atoms with Crippen molar-refractivity contribution in [3.63, 3.8) is 0 Å². The topological polar surface area (TPSA) is 81.8 Å². The number of sulfonamides is 1. The van der Waals surface area contributed by atoms with Gasteiger partial charge in [0, 0.05) is 19.2 Å². The van der Waals surface area contributed by atoms with Gasteiger partial charge in [-0.2, -0.15) is 4.31 Å². The number of ether oxygens (including phenoxy) is 1. The van der Waals surface area contributed by atoms with Gasteiger partial charge in [-0.3, -0.25) is 4.57 Å². The van der Waals surface area contributed by atoms with E-state index in [-0.39, 0.29) is 10.5 Å². The number of oxazole rings is 1. The van der Waals surface area contributed by atoms with Gasteiger partial charge in [0.1, 0.15) is 12.4 Å². The van der Waals surface area contributed by atoms with Crippen molar-refractivity contribution in [2.24, 2.45) is 5.92 Å². The van der Waals surface area contributed by atoms with Crippen molar-refractivity contribution in [1.82, 2.24) is 8.87 Å². The molecule has 1 fully saturated rings. The van der Waals surface area contributed by atoms with Crippen molar-refractivity contribution in [2.45, 2.75) is 38.1 Å². The normalized spacial score (nSPS) is 16.2. The Morgan fingerprint density at radius 1 is 1.13 bits per heavy atom. The maximum atomic E-state index is 13.0. The third kappa shape index (κ3) is 4.02. The standard InChI is InChI=1S/C22H26N2O5S/c1-16-9-11-23(12-10-16)30(26,27)18-7-8-19-21(15-18)29-22(25)24(19)13-14-28-20-6-4-3-5-17(20)2/h3-8,15-16H,9-14H2,1-2H3. The molecule has 4 rings (SSSR count). The van der Waals surface area contributed by atoms with Crippen LogP contribution < -0.4 is 10.5 Å². The highest BCUT2D eigenvalue weighted by Crippen LogP contribution is 2.26. The lowest BCUT2D eigenvalue weighted by Crippen LogP contribution is -2.37. The smallest absolute Gasteiger partial charge is 0.420 e. The Balaban J connectivity index is 1.54. The first kappa shape index (κ1) is 20.7. The van der Waals surface area contributed by atoms with Crippen LogP contribution in [0.2, 0.25) is 0 Å². The van der Waals surface area contributed by atoms with Gasteiger partial charge in [-0.25, -0.2) is 13.2 Å². The van der Waals surface area contributed by atoms with E-state index in [2.05, 4.69) is 6.92 Å². The van der Waals surface area contributed by atoms with Gasteiger partial charge >= 0.3 is 5.76 Å². The zero-order valence-corrected chi connectivity index (χ0v) is 18.0. The zero-order chi connectivity index (χ0) is 21.3. The average molecular weight is 431 g/mol. The number of benzene rings is 2. The lowest BCUT2D eigenvalue weighted by molar-refractivity contribution is 0.288. The lowest BCUT2D eigenvalue weighted by Gasteiger charge is -2.29. The summed E-state index contributed by atoms with van der Waals surface area (Å²) in [4.78, 5) is 12.5. The van der Waals surface area contributed by atoms with E-state index in [0.717, 1.165) is 24.2 Å². The molecule has 0 aliphatic carbocycles. The largest absolute Gasteiger partial charge is 0.491 e. The van der Waals surface area contributed by atoms with Gasteiger partial charge in [0.25, 0.3) is 0 Å². The summed E-state index contributed by atoms with van der Waals surface area (Å²) in [5.41, 5.74) is 1.84. The van der Waals surface area contributed by atoms with E-state index in [9.17, 15) is 13.2 Å². The van der Waals surface area contributed by atoms with E-state index in [4.69, 9.17) is 9.15 Å². The zero-order valence-electron chi connectivity index (χ0n) is 17.2. The van der Waals surface area contributed by atoms with Crippen LogP contribution in [0.25, 0.3) is 11.1 Å². The Morgan fingerprint density at radius 2 is 1.87 bits per heavy atom. The van der Waals surface area contributed by atoms with Crippen LogP contribution in [0.1, 0.15) is 25.3 Å². The highest BCUT2D eigenvalue weighted by Gasteiger charge is 2.28. The van der Waals surface area contributed by atoms with Crippen LogP contribution in [-0.4, -0.2) is 37.0 Å². The van der Waals surface area contributed by atoms with E-state index in [1.54, 1.807) is 12.1 Å². The third-order valence-corrected chi connectivity index (χ3v) is 7.58. The lowest BCUT2D eigenvalue weighted by atomic mass is 10.0. The molecule has 0 unspecified atom stereocenters. The van der Waals surface area contributed by atoms with Crippen LogP contribution in [-0.2, 0) is 16.6 Å². The predicted octanol–water partition coefficient (Wildman–Crippen LogP) is 3.40. The van der Waals surface area contributed by atoms with Crippen LogP contribution >= 0.6 is 0 Å². The van der Waals surface area contributed by atoms with E-state index in [1.807, 2.05) is 31.2 Å². The van der Waals surface area contributed by atoms with Gasteiger partial charge in [-0.05, 0) is 49.4 Å². The highest BCUT2D eigenvalue weighted by molar-refractivity contribution is 7.89. The third-order valence-electron chi connectivity index (χ3n) is 5.69. The van der Waals surface area contributed by atoms with E-state index < -0.39 is 15.8 Å². The van der Waals surface area contributed by atoms with E-state index >= 15 is 0 Å². The molecule has 0 radical (unpaired) electrons. The molecule has 1 saturated heterocycles. The highest BCUT2D eigenvalue weighted by atomic mass is 32.2. The van der Waals surface area contributed by atoms with Gasteiger partial charge in [-0.15, -0.1) is 0 Å². The number of piperidine rings is 1. The number of para-hydroxylation sites is 1. The summed E-state index contributed by atoms with van der Waals surface area (Å²) in [6.45, 7) is 5.73. The minimum Gasteiger partial charge on any atom is -0.491 e. The molecule has 7 nitrogen and oxygen atoms in total. The molecule has 160 valence electrons. The Labute approximate surface area is 175 Å². The number of rotatable bonds is 6. The molecule has 1 aliphatic rings. The minimum absolute atomic E-state index is 0.154. The Hall–Kier alpha value is -2.58. The molecule has 30 heavy (non-hydrogen) atoms. The second kappa shape index (κ2) is 8.28. The second-order valence-electron chi connectivity index (χ2n) is 7.85. The van der Waals surface area contributed by atoms with Gasteiger partial charge < -0.3 is 9.15 Å². The van der Waals surface area contributed by atoms with Crippen molar-refractivity contribution in [3.8, 4) is 5.75 Å². The quantitative estimate of drug-likeness (QED) is 0.599. The van der Waals surface area contributed by atoms with Crippen molar-refractivity contribution in [1.29, 1.82) is 0 Å². The average Bonchev–Trinajstić information content (AvgIpc) is 3.04. The van der Waals surface area contributed by atoms with Gasteiger partial charge in [0.05, 0.1) is 17.0 Å². The fourth-order valence-electron chi connectivity index (χ4n) is 3.76. The summed E-state index contributed by atoms with van der Waals surface area (Å²) in [5.74, 6) is 0.773. The van der Waals surface area contributed by atoms with Gasteiger partial charge in [0.2, 0.25) is 10.0 Å². The SMILES string of the molecule is Cc1ccccc1OCCn1c(=O)oc2cc(S(=O)(=O)N3CCC(C)CC3)ccc21. The summed E-state index contributed by atoms with van der Waals surface area (Å²) in [5, 5.41) is 0. The fraction of sp³-hybridized carbons (Fsp3) is 0.409. The van der Waals surface area contributed by atoms with Crippen molar-refractivity contribution in [3.05, 3.63) is 58.6 Å². The number of fused-ring (bicyclic) bond motifs is 1. The van der Waals surface area contributed by atoms with Crippen LogP contribution in [0.3, 0.4) is 0 Å². The van der Waals surface area contributed by atoms with Crippen LogP contribution in [0.4, 0.5) is 0 Å². The molecule has 0 atom stereocenters. The number of nitrogens with zero attached hydrogens (tertiary/aromatic N) is 2. The molecule has 0 spiro atoms. The molecule has 2 aromatic carbocycles. The van der Waals surface area contributed by atoms with Crippen LogP contribution in [0.5, 0.6) is 5.75 Å². The molecule has 0 amide bonds. The summed E-state index contributed by atoms with van der Waals surface area (Å²) in [6.07, 6.45) is 1.71. The first-order valence-electron chi connectivity index (χ1n) is 10.2. The number of hydrogen-bond acceptors (Lipinski definition) is 5. The Morgan fingerprint density at radius 3 is 2.60 bits per heavy atom. The molecular formula is C22H26N2O5S. The summed E-state index contributed by atoms with van der Waals surface area (Å²) in [6, 6.07) is 12.3. The Kier molecular flexibility index (Phi) is 5.71. The fourth-order valence-corrected chi connectivity index (χ4v) is 5.24. The number of hydrogen-bond donors (Lipinski definition) is 0. The molecule has 1 aromatic heterocycles. The molecule has 1 aliphatic heterocycles. The van der Waals surface area contributed by atoms with Crippen molar-refractivity contribution < 1.29 is 17.6 Å². The number of aromatic nitrogens is 1. The predicted molar refractivity (Wildman–Crippen MR) is 114 cm³/mol. The van der Waals surface area contributed by atoms with Gasteiger partial charge in [-0.1, -0.05) is 25.1 Å². The maximum absolute atomic E-state index is 13.0. The van der Waals surface area contributed by atoms with E-state index in [1.165, 1.54) is 14.9 Å². The summed E-state index contributed by atoms with van der Waals surface area (Å²) < 4.78 is 40.0. The molecule has 0 N–H and O–H groups in total. The second-order valence-corrected chi connectivity index (χ2v) is 9.79. The molecule has 0 saturated carbocycles. The first-order chi connectivity index (χ1) is 14.4. The van der Waals surface area contributed by atoms with E-state index in [0.29, 0.717) is 37.7 Å². The molecule has 2 heterocycles. The Bertz CT molecular complexity index is 1200. The first-order valence-corrected chi connectivity index (χ1v) is 11.6. The van der Waals surface area contributed by atoms with Crippen LogP contribution in [0.15, 0.2) is 56.6 Å². The van der Waals surface area contributed by atoms with Crippen LogP contribution in [0, 0.1) is 12.8 Å². The molecule has 3 aromatic rings. The molecule has 0 bridgehead atoms. The molecule has 8 heteroatoms. The van der Waals surface area contributed by atoms with Crippen molar-refractivity contribution in [2.75, 3.05) is 19.7 Å². The summed E-state index contributed by atoms with van der Waals surface area (Å²) >= 11 is 0.